The van der Waals surface area contributed by atoms with Crippen LogP contribution < -0.4 is 11.5 Å². The summed E-state index contributed by atoms with van der Waals surface area (Å²) in [4.78, 5) is 25.7. The number of nitrogen functional groups attached to an aromatic ring is 1. The van der Waals surface area contributed by atoms with Gasteiger partial charge >= 0.3 is 0 Å². The number of carbonyl (C=O) groups is 2. The van der Waals surface area contributed by atoms with Gasteiger partial charge in [-0.1, -0.05) is 12.1 Å². The highest BCUT2D eigenvalue weighted by atomic mass is 19.1. The van der Waals surface area contributed by atoms with Crippen LogP contribution >= 0.6 is 0 Å². The summed E-state index contributed by atoms with van der Waals surface area (Å²) in [5.74, 6) is -0.461. The fraction of sp³-hybridized carbons (Fsp3) is 0.529. The second kappa shape index (κ2) is 7.94. The van der Waals surface area contributed by atoms with Crippen molar-refractivity contribution >= 4 is 17.5 Å². The maximum atomic E-state index is 12.5. The van der Waals surface area contributed by atoms with Crippen molar-refractivity contribution in [2.45, 2.75) is 38.1 Å². The Morgan fingerprint density at radius 1 is 1.26 bits per heavy atom. The van der Waals surface area contributed by atoms with Gasteiger partial charge in [-0.25, -0.2) is 0 Å². The standard InChI is InChI=1S/C17H24FN3O2/c18-9-7-13-8-10-21(15(11-13)17(20)23)16(22)6-3-12-1-4-14(19)5-2-12/h1-2,4-5,13,15H,3,6-11,19H2,(H2,20,23). The van der Waals surface area contributed by atoms with E-state index in [0.717, 1.165) is 12.0 Å². The topological polar surface area (TPSA) is 89.4 Å². The molecule has 0 aromatic heterocycles. The molecule has 2 unspecified atom stereocenters. The maximum absolute atomic E-state index is 12.5. The van der Waals surface area contributed by atoms with Crippen molar-refractivity contribution in [2.24, 2.45) is 11.7 Å². The van der Waals surface area contributed by atoms with Crippen LogP contribution in [0.5, 0.6) is 0 Å². The third-order valence-corrected chi connectivity index (χ3v) is 4.48. The van der Waals surface area contributed by atoms with Gasteiger partial charge in [0.05, 0.1) is 6.67 Å². The summed E-state index contributed by atoms with van der Waals surface area (Å²) < 4.78 is 12.5. The van der Waals surface area contributed by atoms with Gasteiger partial charge in [0.15, 0.2) is 0 Å². The summed E-state index contributed by atoms with van der Waals surface area (Å²) in [6.07, 6.45) is 2.53. The Balaban J connectivity index is 1.94. The highest BCUT2D eigenvalue weighted by Gasteiger charge is 2.34. The Labute approximate surface area is 135 Å². The molecular weight excluding hydrogens is 297 g/mol. The molecule has 6 heteroatoms. The number of piperidine rings is 1. The zero-order valence-electron chi connectivity index (χ0n) is 13.2. The number of rotatable bonds is 6. The smallest absolute Gasteiger partial charge is 0.240 e. The number of likely N-dealkylation sites (tertiary alicyclic amines) is 1. The van der Waals surface area contributed by atoms with Crippen LogP contribution in [0.4, 0.5) is 10.1 Å². The Bertz CT molecular complexity index is 547. The number of nitrogens with zero attached hydrogens (tertiary/aromatic N) is 1. The first-order chi connectivity index (χ1) is 11.0. The maximum Gasteiger partial charge on any atom is 0.240 e. The number of amides is 2. The summed E-state index contributed by atoms with van der Waals surface area (Å²) in [6, 6.07) is 6.77. The van der Waals surface area contributed by atoms with Crippen LogP contribution in [-0.2, 0) is 16.0 Å². The Morgan fingerprint density at radius 2 is 1.96 bits per heavy atom. The number of nitrogens with two attached hydrogens (primary N) is 2. The minimum Gasteiger partial charge on any atom is -0.399 e. The molecule has 0 spiro atoms. The van der Waals surface area contributed by atoms with E-state index in [2.05, 4.69) is 0 Å². The molecule has 2 amide bonds. The first-order valence-corrected chi connectivity index (χ1v) is 8.00. The number of hydrogen-bond donors (Lipinski definition) is 2. The van der Waals surface area contributed by atoms with E-state index in [0.29, 0.717) is 37.9 Å². The molecule has 0 bridgehead atoms. The minimum atomic E-state index is -0.612. The first-order valence-electron chi connectivity index (χ1n) is 8.00. The second-order valence-electron chi connectivity index (χ2n) is 6.11. The predicted molar refractivity (Wildman–Crippen MR) is 87.2 cm³/mol. The van der Waals surface area contributed by atoms with Crippen LogP contribution in [0, 0.1) is 5.92 Å². The van der Waals surface area contributed by atoms with E-state index in [1.807, 2.05) is 12.1 Å². The zero-order chi connectivity index (χ0) is 16.8. The van der Waals surface area contributed by atoms with Gasteiger partial charge in [0.2, 0.25) is 11.8 Å². The number of carbonyl (C=O) groups excluding carboxylic acids is 2. The summed E-state index contributed by atoms with van der Waals surface area (Å²) >= 11 is 0. The van der Waals surface area contributed by atoms with Gasteiger partial charge < -0.3 is 16.4 Å². The second-order valence-corrected chi connectivity index (χ2v) is 6.11. The van der Waals surface area contributed by atoms with Gasteiger partial charge in [0.1, 0.15) is 6.04 Å². The summed E-state index contributed by atoms with van der Waals surface area (Å²) in [7, 11) is 0. The Hall–Kier alpha value is -2.11. The van der Waals surface area contributed by atoms with E-state index in [-0.39, 0.29) is 11.8 Å². The molecule has 1 aromatic carbocycles. The molecule has 0 aliphatic carbocycles. The van der Waals surface area contributed by atoms with E-state index in [1.165, 1.54) is 0 Å². The van der Waals surface area contributed by atoms with Gasteiger partial charge in [-0.05, 0) is 49.3 Å². The van der Waals surface area contributed by atoms with Crippen molar-refractivity contribution < 1.29 is 14.0 Å². The van der Waals surface area contributed by atoms with E-state index in [4.69, 9.17) is 11.5 Å². The van der Waals surface area contributed by atoms with Gasteiger partial charge in [-0.2, -0.15) is 0 Å². The van der Waals surface area contributed by atoms with Crippen LogP contribution in [0.15, 0.2) is 24.3 Å². The number of alkyl halides is 1. The summed E-state index contributed by atoms with van der Waals surface area (Å²) in [6.45, 7) is 0.0695. The number of anilines is 1. The molecule has 1 aromatic rings. The molecule has 1 aliphatic heterocycles. The van der Waals surface area contributed by atoms with Gasteiger partial charge in [-0.15, -0.1) is 0 Å². The Kier molecular flexibility index (Phi) is 5.96. The van der Waals surface area contributed by atoms with Crippen LogP contribution in [0.3, 0.4) is 0 Å². The lowest BCUT2D eigenvalue weighted by atomic mass is 9.88. The lowest BCUT2D eigenvalue weighted by molar-refractivity contribution is -0.142. The number of primary amides is 1. The monoisotopic (exact) mass is 321 g/mol. The van der Waals surface area contributed by atoms with Crippen molar-refractivity contribution in [1.82, 2.24) is 4.90 Å². The van der Waals surface area contributed by atoms with Crippen molar-refractivity contribution in [2.75, 3.05) is 19.0 Å². The molecule has 2 atom stereocenters. The quantitative estimate of drug-likeness (QED) is 0.781. The summed E-state index contributed by atoms with van der Waals surface area (Å²) in [5.41, 5.74) is 12.8. The van der Waals surface area contributed by atoms with Crippen molar-refractivity contribution in [3.8, 4) is 0 Å². The third-order valence-electron chi connectivity index (χ3n) is 4.48. The molecule has 0 saturated carbocycles. The van der Waals surface area contributed by atoms with Crippen LogP contribution in [0.2, 0.25) is 0 Å². The van der Waals surface area contributed by atoms with Gasteiger partial charge in [-0.3, -0.25) is 14.0 Å². The zero-order valence-corrected chi connectivity index (χ0v) is 13.2. The lowest BCUT2D eigenvalue weighted by Crippen LogP contribution is -2.52. The molecule has 126 valence electrons. The minimum absolute atomic E-state index is 0.0793. The largest absolute Gasteiger partial charge is 0.399 e. The fourth-order valence-electron chi connectivity index (χ4n) is 3.10. The van der Waals surface area contributed by atoms with E-state index in [1.54, 1.807) is 17.0 Å². The third kappa shape index (κ3) is 4.68. The van der Waals surface area contributed by atoms with E-state index in [9.17, 15) is 14.0 Å². The number of halogens is 1. The molecule has 1 aliphatic rings. The van der Waals surface area contributed by atoms with E-state index < -0.39 is 18.6 Å². The normalized spacial score (nSPS) is 21.2. The lowest BCUT2D eigenvalue weighted by Gasteiger charge is -2.37. The van der Waals surface area contributed by atoms with Crippen LogP contribution in [0.1, 0.15) is 31.2 Å². The van der Waals surface area contributed by atoms with Crippen molar-refractivity contribution in [1.29, 1.82) is 0 Å². The molecular formula is C17H24FN3O2. The molecule has 1 saturated heterocycles. The SMILES string of the molecule is NC(=O)C1CC(CCF)CCN1C(=O)CCc1ccc(N)cc1. The molecule has 0 radical (unpaired) electrons. The number of benzene rings is 1. The highest BCUT2D eigenvalue weighted by Crippen LogP contribution is 2.26. The predicted octanol–water partition coefficient (Wildman–Crippen LogP) is 1.65. The van der Waals surface area contributed by atoms with Crippen molar-refractivity contribution in [3.63, 3.8) is 0 Å². The molecule has 1 heterocycles. The van der Waals surface area contributed by atoms with Crippen molar-refractivity contribution in [3.05, 3.63) is 29.8 Å². The fourth-order valence-corrected chi connectivity index (χ4v) is 3.10. The van der Waals surface area contributed by atoms with Gasteiger partial charge in [0.25, 0.3) is 0 Å². The first kappa shape index (κ1) is 17.2. The molecule has 1 fully saturated rings. The highest BCUT2D eigenvalue weighted by molar-refractivity contribution is 5.87. The molecule has 23 heavy (non-hydrogen) atoms. The average Bonchev–Trinajstić information content (AvgIpc) is 2.54. The van der Waals surface area contributed by atoms with Crippen LogP contribution in [-0.4, -0.2) is 36.0 Å². The number of hydrogen-bond acceptors (Lipinski definition) is 3. The number of aryl methyl sites for hydroxylation is 1. The average molecular weight is 321 g/mol. The van der Waals surface area contributed by atoms with Crippen LogP contribution in [0.25, 0.3) is 0 Å². The molecule has 2 rings (SSSR count). The van der Waals surface area contributed by atoms with E-state index >= 15 is 0 Å². The molecule has 5 nitrogen and oxygen atoms in total. The van der Waals surface area contributed by atoms with Gasteiger partial charge in [0, 0.05) is 18.7 Å². The summed E-state index contributed by atoms with van der Waals surface area (Å²) in [5, 5.41) is 0. The molecule has 4 N–H and O–H groups in total. The Morgan fingerprint density at radius 3 is 2.57 bits per heavy atom.